The van der Waals surface area contributed by atoms with Crippen LogP contribution in [0.3, 0.4) is 0 Å². The lowest BCUT2D eigenvalue weighted by Crippen LogP contribution is -2.11. The molecule has 2 aromatic carbocycles. The second kappa shape index (κ2) is 6.60. The molecule has 1 aromatic heterocycles. The molecule has 0 spiro atoms. The molecule has 3 rings (SSSR count). The molecule has 0 radical (unpaired) electrons. The van der Waals surface area contributed by atoms with Gasteiger partial charge in [-0.2, -0.15) is 0 Å². The Morgan fingerprint density at radius 2 is 1.82 bits per heavy atom. The average Bonchev–Trinajstić information content (AvgIpc) is 3.03. The van der Waals surface area contributed by atoms with Crippen LogP contribution in [0.1, 0.15) is 10.4 Å². The number of ether oxygens (including phenoxy) is 1. The van der Waals surface area contributed by atoms with Crippen LogP contribution in [0.5, 0.6) is 10.9 Å². The van der Waals surface area contributed by atoms with E-state index in [1.807, 2.05) is 5.38 Å². The summed E-state index contributed by atoms with van der Waals surface area (Å²) in [4.78, 5) is 16.2. The minimum absolute atomic E-state index is 0.192. The Morgan fingerprint density at radius 1 is 1.09 bits per heavy atom. The fourth-order valence-electron chi connectivity index (χ4n) is 1.77. The topological polar surface area (TPSA) is 51.2 Å². The van der Waals surface area contributed by atoms with E-state index in [4.69, 9.17) is 16.3 Å². The molecular formula is C16H11ClN2O2S. The minimum atomic E-state index is -0.192. The molecule has 0 atom stereocenters. The number of nitrogens with zero attached hydrogens (tertiary/aromatic N) is 1. The molecule has 110 valence electrons. The van der Waals surface area contributed by atoms with Gasteiger partial charge in [0.2, 0.25) is 0 Å². The second-order valence-electron chi connectivity index (χ2n) is 4.39. The number of halogens is 1. The van der Waals surface area contributed by atoms with Crippen LogP contribution in [0, 0.1) is 0 Å². The Labute approximate surface area is 136 Å². The first-order valence-electron chi connectivity index (χ1n) is 6.45. The molecule has 0 saturated carbocycles. The van der Waals surface area contributed by atoms with Crippen LogP contribution < -0.4 is 10.1 Å². The van der Waals surface area contributed by atoms with Crippen LogP contribution >= 0.6 is 22.9 Å². The van der Waals surface area contributed by atoms with Gasteiger partial charge < -0.3 is 10.1 Å². The van der Waals surface area contributed by atoms with E-state index in [1.165, 1.54) is 11.3 Å². The Morgan fingerprint density at radius 3 is 2.45 bits per heavy atom. The minimum Gasteiger partial charge on any atom is -0.431 e. The molecule has 0 unspecified atom stereocenters. The smallest absolute Gasteiger partial charge is 0.278 e. The van der Waals surface area contributed by atoms with E-state index >= 15 is 0 Å². The van der Waals surface area contributed by atoms with Gasteiger partial charge in [0.1, 0.15) is 5.75 Å². The van der Waals surface area contributed by atoms with Gasteiger partial charge in [-0.15, -0.1) is 0 Å². The van der Waals surface area contributed by atoms with Crippen molar-refractivity contribution in [1.82, 2.24) is 4.98 Å². The Hall–Kier alpha value is -2.37. The average molecular weight is 331 g/mol. The van der Waals surface area contributed by atoms with Gasteiger partial charge in [-0.3, -0.25) is 4.79 Å². The number of thiazole rings is 1. The number of nitrogens with one attached hydrogen (secondary N) is 1. The summed E-state index contributed by atoms with van der Waals surface area (Å²) in [7, 11) is 0. The maximum absolute atomic E-state index is 12.1. The largest absolute Gasteiger partial charge is 0.431 e. The van der Waals surface area contributed by atoms with Gasteiger partial charge in [-0.25, -0.2) is 4.98 Å². The van der Waals surface area contributed by atoms with E-state index in [9.17, 15) is 4.79 Å². The number of rotatable bonds is 4. The summed E-state index contributed by atoms with van der Waals surface area (Å²) < 4.78 is 5.55. The number of carbonyl (C=O) groups is 1. The van der Waals surface area contributed by atoms with Crippen molar-refractivity contribution in [2.75, 3.05) is 5.32 Å². The first-order valence-corrected chi connectivity index (χ1v) is 7.71. The van der Waals surface area contributed by atoms with Crippen LogP contribution in [-0.4, -0.2) is 10.9 Å². The Bertz CT molecular complexity index is 756. The normalized spacial score (nSPS) is 10.2. The first kappa shape index (κ1) is 14.6. The number of carbonyl (C=O) groups excluding carboxylic acids is 1. The van der Waals surface area contributed by atoms with E-state index in [0.29, 0.717) is 27.2 Å². The molecule has 6 heteroatoms. The van der Waals surface area contributed by atoms with Crippen molar-refractivity contribution in [3.8, 4) is 10.9 Å². The van der Waals surface area contributed by atoms with Crippen molar-refractivity contribution in [3.05, 3.63) is 70.7 Å². The lowest BCUT2D eigenvalue weighted by atomic mass is 10.2. The third-order valence-electron chi connectivity index (χ3n) is 2.83. The molecule has 1 heterocycles. The summed E-state index contributed by atoms with van der Waals surface area (Å²) in [5.41, 5.74) is 1.24. The van der Waals surface area contributed by atoms with Gasteiger partial charge in [-0.05, 0) is 48.5 Å². The number of hydrogen-bond acceptors (Lipinski definition) is 4. The molecule has 0 aliphatic heterocycles. The SMILES string of the molecule is O=C(Nc1ccc(Cl)cc1)c1ccc(Oc2nccs2)cc1. The van der Waals surface area contributed by atoms with E-state index in [0.717, 1.165) is 0 Å². The van der Waals surface area contributed by atoms with Crippen LogP contribution in [-0.2, 0) is 0 Å². The summed E-state index contributed by atoms with van der Waals surface area (Å²) in [5, 5.41) is 5.83. The highest BCUT2D eigenvalue weighted by Gasteiger charge is 2.07. The van der Waals surface area contributed by atoms with Crippen LogP contribution in [0.25, 0.3) is 0 Å². The van der Waals surface area contributed by atoms with Gasteiger partial charge in [0.05, 0.1) is 0 Å². The number of hydrogen-bond donors (Lipinski definition) is 1. The van der Waals surface area contributed by atoms with Crippen molar-refractivity contribution in [2.45, 2.75) is 0 Å². The first-order chi connectivity index (χ1) is 10.7. The highest BCUT2D eigenvalue weighted by Crippen LogP contribution is 2.23. The second-order valence-corrected chi connectivity index (χ2v) is 5.68. The number of aromatic nitrogens is 1. The van der Waals surface area contributed by atoms with Crippen molar-refractivity contribution < 1.29 is 9.53 Å². The summed E-state index contributed by atoms with van der Waals surface area (Å²) >= 11 is 7.22. The van der Waals surface area contributed by atoms with Crippen molar-refractivity contribution >= 4 is 34.5 Å². The lowest BCUT2D eigenvalue weighted by Gasteiger charge is -2.06. The molecule has 0 saturated heterocycles. The molecule has 0 bridgehead atoms. The maximum atomic E-state index is 12.1. The maximum Gasteiger partial charge on any atom is 0.278 e. The molecule has 3 aromatic rings. The zero-order valence-corrected chi connectivity index (χ0v) is 12.9. The lowest BCUT2D eigenvalue weighted by molar-refractivity contribution is 0.102. The van der Waals surface area contributed by atoms with E-state index in [-0.39, 0.29) is 5.91 Å². The van der Waals surface area contributed by atoms with Crippen LogP contribution in [0.2, 0.25) is 5.02 Å². The van der Waals surface area contributed by atoms with Gasteiger partial charge in [0, 0.05) is 27.9 Å². The highest BCUT2D eigenvalue weighted by atomic mass is 35.5. The summed E-state index contributed by atoms with van der Waals surface area (Å²) in [5.74, 6) is 0.445. The molecule has 4 nitrogen and oxygen atoms in total. The van der Waals surface area contributed by atoms with Crippen molar-refractivity contribution in [1.29, 1.82) is 0 Å². The zero-order valence-electron chi connectivity index (χ0n) is 11.3. The van der Waals surface area contributed by atoms with Crippen molar-refractivity contribution in [3.63, 3.8) is 0 Å². The molecule has 22 heavy (non-hydrogen) atoms. The fraction of sp³-hybridized carbons (Fsp3) is 0. The van der Waals surface area contributed by atoms with Crippen LogP contribution in [0.15, 0.2) is 60.1 Å². The van der Waals surface area contributed by atoms with Gasteiger partial charge in [-0.1, -0.05) is 22.9 Å². The predicted octanol–water partition coefficient (Wildman–Crippen LogP) is 4.84. The van der Waals surface area contributed by atoms with Crippen molar-refractivity contribution in [2.24, 2.45) is 0 Å². The van der Waals surface area contributed by atoms with E-state index in [1.54, 1.807) is 54.7 Å². The summed E-state index contributed by atoms with van der Waals surface area (Å²) in [6.45, 7) is 0. The van der Waals surface area contributed by atoms with E-state index in [2.05, 4.69) is 10.3 Å². The number of amides is 1. The summed E-state index contributed by atoms with van der Waals surface area (Å²) in [6.07, 6.45) is 1.67. The molecule has 1 N–H and O–H groups in total. The molecular weight excluding hydrogens is 320 g/mol. The van der Waals surface area contributed by atoms with Gasteiger partial charge >= 0.3 is 0 Å². The third kappa shape index (κ3) is 3.63. The molecule has 1 amide bonds. The fourth-order valence-corrected chi connectivity index (χ4v) is 2.40. The molecule has 0 aliphatic carbocycles. The third-order valence-corrected chi connectivity index (χ3v) is 3.73. The van der Waals surface area contributed by atoms with Crippen LogP contribution in [0.4, 0.5) is 5.69 Å². The highest BCUT2D eigenvalue weighted by molar-refractivity contribution is 7.11. The molecule has 0 aliphatic rings. The quantitative estimate of drug-likeness (QED) is 0.744. The zero-order chi connectivity index (χ0) is 15.4. The number of anilines is 1. The Kier molecular flexibility index (Phi) is 4.37. The van der Waals surface area contributed by atoms with E-state index < -0.39 is 0 Å². The standard InChI is InChI=1S/C16H11ClN2O2S/c17-12-3-5-13(6-4-12)19-15(20)11-1-7-14(8-2-11)21-16-18-9-10-22-16/h1-10H,(H,19,20). The van der Waals surface area contributed by atoms with Gasteiger partial charge in [0.25, 0.3) is 11.1 Å². The monoisotopic (exact) mass is 330 g/mol. The van der Waals surface area contributed by atoms with Gasteiger partial charge in [0.15, 0.2) is 0 Å². The predicted molar refractivity (Wildman–Crippen MR) is 88.0 cm³/mol. The number of benzene rings is 2. The summed E-state index contributed by atoms with van der Waals surface area (Å²) in [6, 6.07) is 13.8. The Balaban J connectivity index is 1.66. The molecule has 0 fully saturated rings.